The Morgan fingerprint density at radius 2 is 1.80 bits per heavy atom. The van der Waals surface area contributed by atoms with Crippen molar-refractivity contribution < 1.29 is 18.9 Å². The van der Waals surface area contributed by atoms with E-state index in [4.69, 9.17) is 18.9 Å². The molecule has 0 atom stereocenters. The highest BCUT2D eigenvalue weighted by Gasteiger charge is 2.12. The van der Waals surface area contributed by atoms with Crippen LogP contribution in [0.5, 0.6) is 11.5 Å². The van der Waals surface area contributed by atoms with Gasteiger partial charge in [0.25, 0.3) is 0 Å². The molecule has 0 aromatic heterocycles. The highest BCUT2D eigenvalue weighted by molar-refractivity contribution is 5.55. The Labute approximate surface area is 120 Å². The minimum Gasteiger partial charge on any atom is -0.486 e. The van der Waals surface area contributed by atoms with E-state index in [2.05, 4.69) is 5.32 Å². The molecule has 1 aromatic rings. The third kappa shape index (κ3) is 4.28. The van der Waals surface area contributed by atoms with Gasteiger partial charge in [0, 0.05) is 37.9 Å². The first-order valence-corrected chi connectivity index (χ1v) is 7.20. The largest absolute Gasteiger partial charge is 0.486 e. The summed E-state index contributed by atoms with van der Waals surface area (Å²) in [6.45, 7) is 7.27. The lowest BCUT2D eigenvalue weighted by atomic mass is 10.2. The molecule has 5 heteroatoms. The Balaban J connectivity index is 1.81. The molecule has 0 saturated carbocycles. The van der Waals surface area contributed by atoms with Gasteiger partial charge in [-0.15, -0.1) is 0 Å². The van der Waals surface area contributed by atoms with Crippen LogP contribution in [0.2, 0.25) is 0 Å². The third-order valence-electron chi connectivity index (χ3n) is 2.96. The summed E-state index contributed by atoms with van der Waals surface area (Å²) in [7, 11) is 0. The van der Waals surface area contributed by atoms with Crippen molar-refractivity contribution in [2.45, 2.75) is 26.6 Å². The molecule has 0 bridgehead atoms. The van der Waals surface area contributed by atoms with Gasteiger partial charge in [-0.1, -0.05) is 0 Å². The molecule has 1 aromatic carbocycles. The predicted octanol–water partition coefficient (Wildman–Crippen LogP) is 2.66. The summed E-state index contributed by atoms with van der Waals surface area (Å²) in [5, 5.41) is 3.35. The van der Waals surface area contributed by atoms with Gasteiger partial charge >= 0.3 is 0 Å². The van der Waals surface area contributed by atoms with E-state index < -0.39 is 0 Å². The van der Waals surface area contributed by atoms with Gasteiger partial charge < -0.3 is 24.3 Å². The number of rotatable bonds is 8. The number of anilines is 1. The molecule has 0 radical (unpaired) electrons. The number of ether oxygens (including phenoxy) is 4. The van der Waals surface area contributed by atoms with Gasteiger partial charge in [-0.05, 0) is 26.0 Å². The minimum absolute atomic E-state index is 0.144. The van der Waals surface area contributed by atoms with E-state index in [0.29, 0.717) is 26.4 Å². The third-order valence-corrected chi connectivity index (χ3v) is 2.96. The van der Waals surface area contributed by atoms with Crippen molar-refractivity contribution in [3.8, 4) is 11.5 Å². The summed E-state index contributed by atoms with van der Waals surface area (Å²) < 4.78 is 22.1. The van der Waals surface area contributed by atoms with Gasteiger partial charge in [0.15, 0.2) is 17.8 Å². The highest BCUT2D eigenvalue weighted by atomic mass is 16.7. The molecule has 20 heavy (non-hydrogen) atoms. The molecule has 5 nitrogen and oxygen atoms in total. The van der Waals surface area contributed by atoms with E-state index in [1.165, 1.54) is 0 Å². The number of nitrogens with one attached hydrogen (secondary N) is 1. The molecule has 112 valence electrons. The zero-order valence-corrected chi connectivity index (χ0v) is 12.2. The number of hydrogen-bond acceptors (Lipinski definition) is 5. The molecule has 2 rings (SSSR count). The smallest absolute Gasteiger partial charge is 0.163 e. The van der Waals surface area contributed by atoms with Crippen LogP contribution in [-0.4, -0.2) is 39.3 Å². The maximum absolute atomic E-state index is 5.55. The molecular formula is C15H23NO4. The maximum Gasteiger partial charge on any atom is 0.163 e. The van der Waals surface area contributed by atoms with Gasteiger partial charge in [0.05, 0.1) is 0 Å². The molecule has 0 amide bonds. The van der Waals surface area contributed by atoms with E-state index in [1.807, 2.05) is 32.0 Å². The minimum atomic E-state index is -0.144. The molecule has 0 saturated heterocycles. The van der Waals surface area contributed by atoms with Gasteiger partial charge in [-0.25, -0.2) is 0 Å². The lowest BCUT2D eigenvalue weighted by Gasteiger charge is -2.20. The van der Waals surface area contributed by atoms with Crippen molar-refractivity contribution in [2.75, 3.05) is 38.3 Å². The molecule has 0 aliphatic carbocycles. The Morgan fingerprint density at radius 3 is 2.50 bits per heavy atom. The second-order valence-electron chi connectivity index (χ2n) is 4.41. The van der Waals surface area contributed by atoms with Crippen LogP contribution in [0.15, 0.2) is 18.2 Å². The molecule has 1 N–H and O–H groups in total. The average Bonchev–Trinajstić information content (AvgIpc) is 2.47. The molecular weight excluding hydrogens is 258 g/mol. The fraction of sp³-hybridized carbons (Fsp3) is 0.600. The van der Waals surface area contributed by atoms with Crippen LogP contribution in [-0.2, 0) is 9.47 Å². The first-order chi connectivity index (χ1) is 9.83. The first-order valence-electron chi connectivity index (χ1n) is 7.20. The fourth-order valence-electron chi connectivity index (χ4n) is 2.07. The van der Waals surface area contributed by atoms with Crippen LogP contribution in [0, 0.1) is 0 Å². The van der Waals surface area contributed by atoms with E-state index in [-0.39, 0.29) is 6.29 Å². The zero-order valence-electron chi connectivity index (χ0n) is 12.2. The molecule has 0 spiro atoms. The van der Waals surface area contributed by atoms with Gasteiger partial charge in [0.1, 0.15) is 13.2 Å². The number of benzene rings is 1. The predicted molar refractivity (Wildman–Crippen MR) is 77.6 cm³/mol. The van der Waals surface area contributed by atoms with Gasteiger partial charge in [-0.3, -0.25) is 0 Å². The van der Waals surface area contributed by atoms with E-state index in [9.17, 15) is 0 Å². The SMILES string of the molecule is CCOC(CCNc1ccc2c(c1)OCCO2)OCC. The Morgan fingerprint density at radius 1 is 1.10 bits per heavy atom. The zero-order chi connectivity index (χ0) is 14.2. The quantitative estimate of drug-likeness (QED) is 0.742. The summed E-state index contributed by atoms with van der Waals surface area (Å²) in [5.41, 5.74) is 1.01. The van der Waals surface area contributed by atoms with E-state index in [1.54, 1.807) is 0 Å². The second kappa shape index (κ2) is 7.97. The fourth-order valence-corrected chi connectivity index (χ4v) is 2.07. The normalized spacial score (nSPS) is 13.6. The van der Waals surface area contributed by atoms with Crippen LogP contribution >= 0.6 is 0 Å². The first kappa shape index (κ1) is 14.9. The summed E-state index contributed by atoms with van der Waals surface area (Å²) in [4.78, 5) is 0. The van der Waals surface area contributed by atoms with E-state index in [0.717, 1.165) is 30.2 Å². The maximum atomic E-state index is 5.55. The van der Waals surface area contributed by atoms with Crippen LogP contribution in [0.25, 0.3) is 0 Å². The lowest BCUT2D eigenvalue weighted by Crippen LogP contribution is -2.21. The summed E-state index contributed by atoms with van der Waals surface area (Å²) in [6.07, 6.45) is 0.658. The van der Waals surface area contributed by atoms with E-state index >= 15 is 0 Å². The Kier molecular flexibility index (Phi) is 5.95. The average molecular weight is 281 g/mol. The van der Waals surface area contributed by atoms with Crippen LogP contribution < -0.4 is 14.8 Å². The van der Waals surface area contributed by atoms with Crippen molar-refractivity contribution in [1.29, 1.82) is 0 Å². The number of fused-ring (bicyclic) bond motifs is 1. The van der Waals surface area contributed by atoms with Crippen LogP contribution in [0.3, 0.4) is 0 Å². The summed E-state index contributed by atoms with van der Waals surface area (Å²) in [5.74, 6) is 1.61. The van der Waals surface area contributed by atoms with Crippen molar-refractivity contribution in [1.82, 2.24) is 0 Å². The topological polar surface area (TPSA) is 49.0 Å². The molecule has 1 aliphatic rings. The Hall–Kier alpha value is -1.46. The van der Waals surface area contributed by atoms with Crippen LogP contribution in [0.4, 0.5) is 5.69 Å². The molecule has 1 aliphatic heterocycles. The monoisotopic (exact) mass is 281 g/mol. The highest BCUT2D eigenvalue weighted by Crippen LogP contribution is 2.32. The number of hydrogen-bond donors (Lipinski definition) is 1. The standard InChI is InChI=1S/C15H23NO4/c1-3-17-15(18-4-2)7-8-16-12-5-6-13-14(11-12)20-10-9-19-13/h5-6,11,15-16H,3-4,7-10H2,1-2H3. The van der Waals surface area contributed by atoms with Gasteiger partial charge in [0.2, 0.25) is 0 Å². The summed E-state index contributed by atoms with van der Waals surface area (Å²) >= 11 is 0. The second-order valence-corrected chi connectivity index (χ2v) is 4.41. The van der Waals surface area contributed by atoms with Crippen molar-refractivity contribution in [3.63, 3.8) is 0 Å². The van der Waals surface area contributed by atoms with Crippen molar-refractivity contribution in [2.24, 2.45) is 0 Å². The lowest BCUT2D eigenvalue weighted by molar-refractivity contribution is -0.137. The van der Waals surface area contributed by atoms with Crippen molar-refractivity contribution in [3.05, 3.63) is 18.2 Å². The molecule has 0 fully saturated rings. The van der Waals surface area contributed by atoms with Crippen LogP contribution in [0.1, 0.15) is 20.3 Å². The summed E-state index contributed by atoms with van der Waals surface area (Å²) in [6, 6.07) is 5.88. The molecule has 0 unspecified atom stereocenters. The Bertz CT molecular complexity index is 405. The van der Waals surface area contributed by atoms with Gasteiger partial charge in [-0.2, -0.15) is 0 Å². The van der Waals surface area contributed by atoms with Crippen molar-refractivity contribution >= 4 is 5.69 Å². The molecule has 1 heterocycles.